The second-order valence-electron chi connectivity index (χ2n) is 6.31. The van der Waals surface area contributed by atoms with Gasteiger partial charge in [-0.3, -0.25) is 0 Å². The Hall–Kier alpha value is -0.910. The maximum absolute atomic E-state index is 12.7. The Bertz CT molecular complexity index is 602. The van der Waals surface area contributed by atoms with Gasteiger partial charge >= 0.3 is 0 Å². The standard InChI is InChI=1S/C16H25NO3S/c1-4-16(3)7-9-17(10-8-16)21(19,20)15-6-5-13(2)14(11-15)12-18/h5-6,11,18H,4,7-10,12H2,1-3H3. The van der Waals surface area contributed by atoms with Crippen molar-refractivity contribution in [1.82, 2.24) is 4.31 Å². The number of rotatable bonds is 4. The molecule has 0 saturated carbocycles. The largest absolute Gasteiger partial charge is 0.392 e. The van der Waals surface area contributed by atoms with Gasteiger partial charge in [0.15, 0.2) is 0 Å². The van der Waals surface area contributed by atoms with Gasteiger partial charge in [-0.2, -0.15) is 4.31 Å². The van der Waals surface area contributed by atoms with E-state index in [0.29, 0.717) is 18.7 Å². The number of aliphatic hydroxyl groups excluding tert-OH is 1. The van der Waals surface area contributed by atoms with E-state index in [0.717, 1.165) is 24.8 Å². The normalized spacial score (nSPS) is 19.6. The molecule has 0 spiro atoms. The molecular weight excluding hydrogens is 286 g/mol. The number of aryl methyl sites for hydroxylation is 1. The summed E-state index contributed by atoms with van der Waals surface area (Å²) in [7, 11) is -3.45. The van der Waals surface area contributed by atoms with Crippen LogP contribution in [-0.2, 0) is 16.6 Å². The number of benzene rings is 1. The third kappa shape index (κ3) is 3.30. The van der Waals surface area contributed by atoms with Crippen LogP contribution in [0.2, 0.25) is 0 Å². The summed E-state index contributed by atoms with van der Waals surface area (Å²) >= 11 is 0. The minimum Gasteiger partial charge on any atom is -0.392 e. The van der Waals surface area contributed by atoms with E-state index in [2.05, 4.69) is 13.8 Å². The Labute approximate surface area is 127 Å². The fourth-order valence-corrected chi connectivity index (χ4v) is 4.24. The summed E-state index contributed by atoms with van der Waals surface area (Å²) in [5.74, 6) is 0. The average molecular weight is 311 g/mol. The first-order valence-corrected chi connectivity index (χ1v) is 8.97. The highest BCUT2D eigenvalue weighted by Crippen LogP contribution is 2.35. The molecule has 1 N–H and O–H groups in total. The first kappa shape index (κ1) is 16.5. The summed E-state index contributed by atoms with van der Waals surface area (Å²) in [4.78, 5) is 0.289. The molecule has 5 heteroatoms. The summed E-state index contributed by atoms with van der Waals surface area (Å²) in [6.45, 7) is 7.28. The quantitative estimate of drug-likeness (QED) is 0.930. The van der Waals surface area contributed by atoms with Gasteiger partial charge in [-0.15, -0.1) is 0 Å². The summed E-state index contributed by atoms with van der Waals surface area (Å²) in [6.07, 6.45) is 2.89. The molecule has 21 heavy (non-hydrogen) atoms. The Morgan fingerprint density at radius 2 is 1.90 bits per heavy atom. The lowest BCUT2D eigenvalue weighted by atomic mass is 9.79. The van der Waals surface area contributed by atoms with Crippen LogP contribution >= 0.6 is 0 Å². The minimum atomic E-state index is -3.45. The van der Waals surface area contributed by atoms with Crippen molar-refractivity contribution in [3.05, 3.63) is 29.3 Å². The highest BCUT2D eigenvalue weighted by Gasteiger charge is 2.34. The van der Waals surface area contributed by atoms with Gasteiger partial charge in [0.25, 0.3) is 0 Å². The smallest absolute Gasteiger partial charge is 0.243 e. The molecule has 0 unspecified atom stereocenters. The van der Waals surface area contributed by atoms with E-state index in [1.165, 1.54) is 0 Å². The van der Waals surface area contributed by atoms with Crippen molar-refractivity contribution in [2.24, 2.45) is 5.41 Å². The molecule has 1 saturated heterocycles. The molecule has 0 aromatic heterocycles. The second-order valence-corrected chi connectivity index (χ2v) is 8.25. The predicted molar refractivity (Wildman–Crippen MR) is 83.5 cm³/mol. The number of piperidine rings is 1. The van der Waals surface area contributed by atoms with Gasteiger partial charge < -0.3 is 5.11 Å². The first-order chi connectivity index (χ1) is 9.82. The Morgan fingerprint density at radius 3 is 2.43 bits per heavy atom. The third-order valence-electron chi connectivity index (χ3n) is 4.91. The molecule has 0 amide bonds. The molecule has 0 atom stereocenters. The molecule has 0 aliphatic carbocycles. The highest BCUT2D eigenvalue weighted by atomic mass is 32.2. The predicted octanol–water partition coefficient (Wildman–Crippen LogP) is 2.69. The van der Waals surface area contributed by atoms with Crippen molar-refractivity contribution >= 4 is 10.0 Å². The van der Waals surface area contributed by atoms with Gasteiger partial charge in [-0.25, -0.2) is 8.42 Å². The van der Waals surface area contributed by atoms with Crippen LogP contribution in [0.15, 0.2) is 23.1 Å². The van der Waals surface area contributed by atoms with Gasteiger partial charge in [0.05, 0.1) is 11.5 Å². The molecular formula is C16H25NO3S. The maximum atomic E-state index is 12.7. The monoisotopic (exact) mass is 311 g/mol. The van der Waals surface area contributed by atoms with Crippen LogP contribution in [0.3, 0.4) is 0 Å². The summed E-state index contributed by atoms with van der Waals surface area (Å²) in [6, 6.07) is 4.99. The van der Waals surface area contributed by atoms with Crippen molar-refractivity contribution in [2.45, 2.75) is 51.5 Å². The van der Waals surface area contributed by atoms with Crippen LogP contribution in [0.1, 0.15) is 44.2 Å². The molecule has 1 aliphatic heterocycles. The summed E-state index contributed by atoms with van der Waals surface area (Å²) < 4.78 is 27.0. The summed E-state index contributed by atoms with van der Waals surface area (Å²) in [5, 5.41) is 9.31. The van der Waals surface area contributed by atoms with E-state index in [1.807, 2.05) is 6.92 Å². The lowest BCUT2D eigenvalue weighted by Crippen LogP contribution is -2.41. The molecule has 0 bridgehead atoms. The van der Waals surface area contributed by atoms with Crippen LogP contribution in [0.4, 0.5) is 0 Å². The molecule has 118 valence electrons. The van der Waals surface area contributed by atoms with Gasteiger partial charge in [-0.05, 0) is 48.4 Å². The molecule has 4 nitrogen and oxygen atoms in total. The first-order valence-electron chi connectivity index (χ1n) is 7.53. The van der Waals surface area contributed by atoms with Crippen molar-refractivity contribution in [2.75, 3.05) is 13.1 Å². The maximum Gasteiger partial charge on any atom is 0.243 e. The van der Waals surface area contributed by atoms with Crippen LogP contribution in [-0.4, -0.2) is 30.9 Å². The highest BCUT2D eigenvalue weighted by molar-refractivity contribution is 7.89. The van der Waals surface area contributed by atoms with Crippen molar-refractivity contribution < 1.29 is 13.5 Å². The number of hydrogen-bond donors (Lipinski definition) is 1. The van der Waals surface area contributed by atoms with Crippen LogP contribution in [0.5, 0.6) is 0 Å². The fourth-order valence-electron chi connectivity index (χ4n) is 2.75. The van der Waals surface area contributed by atoms with Crippen LogP contribution in [0, 0.1) is 12.3 Å². The zero-order valence-corrected chi connectivity index (χ0v) is 13.9. The Morgan fingerprint density at radius 1 is 1.29 bits per heavy atom. The Kier molecular flexibility index (Phi) is 4.76. The second kappa shape index (κ2) is 6.07. The molecule has 1 fully saturated rings. The fraction of sp³-hybridized carbons (Fsp3) is 0.625. The van der Waals surface area contributed by atoms with Crippen molar-refractivity contribution in [3.63, 3.8) is 0 Å². The minimum absolute atomic E-state index is 0.136. The van der Waals surface area contributed by atoms with Gasteiger partial charge in [0, 0.05) is 13.1 Å². The number of aliphatic hydroxyl groups is 1. The Balaban J connectivity index is 2.23. The van der Waals surface area contributed by atoms with Crippen LogP contribution in [0.25, 0.3) is 0 Å². The third-order valence-corrected chi connectivity index (χ3v) is 6.81. The van der Waals surface area contributed by atoms with E-state index in [9.17, 15) is 13.5 Å². The molecule has 0 radical (unpaired) electrons. The average Bonchev–Trinajstić information content (AvgIpc) is 2.48. The molecule has 2 rings (SSSR count). The SMILES string of the molecule is CCC1(C)CCN(S(=O)(=O)c2ccc(C)c(CO)c2)CC1. The molecule has 1 heterocycles. The van der Waals surface area contributed by atoms with E-state index in [4.69, 9.17) is 0 Å². The number of hydrogen-bond acceptors (Lipinski definition) is 3. The van der Waals surface area contributed by atoms with E-state index < -0.39 is 10.0 Å². The lowest BCUT2D eigenvalue weighted by Gasteiger charge is -2.38. The lowest BCUT2D eigenvalue weighted by molar-refractivity contribution is 0.169. The van der Waals surface area contributed by atoms with Gasteiger partial charge in [-0.1, -0.05) is 26.3 Å². The van der Waals surface area contributed by atoms with E-state index in [-0.39, 0.29) is 16.9 Å². The van der Waals surface area contributed by atoms with Crippen molar-refractivity contribution in [3.8, 4) is 0 Å². The topological polar surface area (TPSA) is 57.6 Å². The van der Waals surface area contributed by atoms with E-state index >= 15 is 0 Å². The number of nitrogens with zero attached hydrogens (tertiary/aromatic N) is 1. The zero-order valence-electron chi connectivity index (χ0n) is 13.1. The zero-order chi connectivity index (χ0) is 15.7. The molecule has 1 aliphatic rings. The van der Waals surface area contributed by atoms with E-state index in [1.54, 1.807) is 22.5 Å². The van der Waals surface area contributed by atoms with Crippen LogP contribution < -0.4 is 0 Å². The van der Waals surface area contributed by atoms with Crippen molar-refractivity contribution in [1.29, 1.82) is 0 Å². The summed E-state index contributed by atoms with van der Waals surface area (Å²) in [5.41, 5.74) is 1.84. The van der Waals surface area contributed by atoms with Gasteiger partial charge in [0.2, 0.25) is 10.0 Å². The number of sulfonamides is 1. The molecule has 1 aromatic rings. The van der Waals surface area contributed by atoms with Gasteiger partial charge in [0.1, 0.15) is 0 Å². The molecule has 1 aromatic carbocycles.